The summed E-state index contributed by atoms with van der Waals surface area (Å²) in [7, 11) is 0. The van der Waals surface area contributed by atoms with E-state index in [0.717, 1.165) is 12.1 Å². The second-order valence-corrected chi connectivity index (χ2v) is 4.44. The molecule has 108 valence electrons. The first-order valence-corrected chi connectivity index (χ1v) is 6.15. The van der Waals surface area contributed by atoms with Crippen molar-refractivity contribution in [1.29, 1.82) is 5.26 Å². The summed E-state index contributed by atoms with van der Waals surface area (Å²) in [6.07, 6.45) is -3.74. The lowest BCUT2D eigenvalue weighted by molar-refractivity contribution is -0.137. The molecule has 7 heteroatoms. The van der Waals surface area contributed by atoms with Crippen molar-refractivity contribution in [3.8, 4) is 17.7 Å². The lowest BCUT2D eigenvalue weighted by Crippen LogP contribution is -2.05. The van der Waals surface area contributed by atoms with Crippen LogP contribution in [-0.2, 0) is 12.6 Å². The van der Waals surface area contributed by atoms with E-state index >= 15 is 0 Å². The first-order chi connectivity index (χ1) is 9.91. The number of alkyl halides is 3. The van der Waals surface area contributed by atoms with Gasteiger partial charge >= 0.3 is 6.18 Å². The van der Waals surface area contributed by atoms with Gasteiger partial charge in [-0.2, -0.15) is 18.4 Å². The van der Waals surface area contributed by atoms with Crippen LogP contribution in [0.3, 0.4) is 0 Å². The standard InChI is InChI=1S/C14H8ClF3N2O/c15-11-2-1-3-12(10(11)6-7-19)21-13-5-4-9(8-20-13)14(16,17)18/h1-5,8H,6H2. The van der Waals surface area contributed by atoms with E-state index < -0.39 is 11.7 Å². The van der Waals surface area contributed by atoms with Gasteiger partial charge in [0.25, 0.3) is 0 Å². The third-order valence-corrected chi connectivity index (χ3v) is 2.96. The van der Waals surface area contributed by atoms with Crippen LogP contribution in [0.4, 0.5) is 13.2 Å². The molecule has 0 unspecified atom stereocenters. The summed E-state index contributed by atoms with van der Waals surface area (Å²) in [6, 6.07) is 8.71. The van der Waals surface area contributed by atoms with Crippen LogP contribution < -0.4 is 4.74 Å². The average Bonchev–Trinajstić information content (AvgIpc) is 2.42. The van der Waals surface area contributed by atoms with E-state index in [0.29, 0.717) is 16.8 Å². The van der Waals surface area contributed by atoms with Crippen LogP contribution in [0.25, 0.3) is 0 Å². The van der Waals surface area contributed by atoms with Crippen LogP contribution in [0.15, 0.2) is 36.5 Å². The van der Waals surface area contributed by atoms with Crippen molar-refractivity contribution in [3.05, 3.63) is 52.7 Å². The zero-order chi connectivity index (χ0) is 15.5. The summed E-state index contributed by atoms with van der Waals surface area (Å²) in [5.74, 6) is 0.278. The van der Waals surface area contributed by atoms with Crippen LogP contribution in [0.5, 0.6) is 11.6 Å². The Hall–Kier alpha value is -2.26. The molecule has 3 nitrogen and oxygen atoms in total. The molecule has 1 aromatic heterocycles. The Morgan fingerprint density at radius 1 is 1.24 bits per heavy atom. The number of ether oxygens (including phenoxy) is 1. The van der Waals surface area contributed by atoms with Crippen molar-refractivity contribution in [1.82, 2.24) is 4.98 Å². The van der Waals surface area contributed by atoms with Crippen molar-refractivity contribution in [2.24, 2.45) is 0 Å². The fourth-order valence-corrected chi connectivity index (χ4v) is 1.84. The minimum atomic E-state index is -4.45. The van der Waals surface area contributed by atoms with Crippen molar-refractivity contribution < 1.29 is 17.9 Å². The zero-order valence-electron chi connectivity index (χ0n) is 10.5. The predicted octanol–water partition coefficient (Wildman–Crippen LogP) is 4.61. The van der Waals surface area contributed by atoms with Crippen LogP contribution in [0, 0.1) is 11.3 Å². The molecular weight excluding hydrogens is 305 g/mol. The lowest BCUT2D eigenvalue weighted by Gasteiger charge is -2.11. The molecule has 0 aliphatic heterocycles. The van der Waals surface area contributed by atoms with E-state index in [1.807, 2.05) is 6.07 Å². The summed E-state index contributed by atoms with van der Waals surface area (Å²) in [4.78, 5) is 3.60. The molecule has 0 fully saturated rings. The Balaban J connectivity index is 2.27. The largest absolute Gasteiger partial charge is 0.439 e. The molecule has 21 heavy (non-hydrogen) atoms. The van der Waals surface area contributed by atoms with Crippen LogP contribution in [0.1, 0.15) is 11.1 Å². The molecule has 0 aliphatic carbocycles. The molecule has 0 N–H and O–H groups in total. The first kappa shape index (κ1) is 15.1. The van der Waals surface area contributed by atoms with E-state index in [1.54, 1.807) is 18.2 Å². The van der Waals surface area contributed by atoms with E-state index in [1.165, 1.54) is 0 Å². The number of hydrogen-bond donors (Lipinski definition) is 0. The van der Waals surface area contributed by atoms with Crippen LogP contribution in [0.2, 0.25) is 5.02 Å². The summed E-state index contributed by atoms with van der Waals surface area (Å²) in [5, 5.41) is 9.10. The average molecular weight is 313 g/mol. The molecule has 0 bridgehead atoms. The van der Waals surface area contributed by atoms with Crippen LogP contribution >= 0.6 is 11.6 Å². The van der Waals surface area contributed by atoms with Gasteiger partial charge in [0.15, 0.2) is 0 Å². The molecule has 0 amide bonds. The normalized spacial score (nSPS) is 11.0. The fraction of sp³-hybridized carbons (Fsp3) is 0.143. The first-order valence-electron chi connectivity index (χ1n) is 5.77. The Bertz CT molecular complexity index is 678. The highest BCUT2D eigenvalue weighted by Crippen LogP contribution is 2.32. The van der Waals surface area contributed by atoms with Gasteiger partial charge in [0.2, 0.25) is 5.88 Å². The quantitative estimate of drug-likeness (QED) is 0.831. The van der Waals surface area contributed by atoms with E-state index in [9.17, 15) is 13.2 Å². The molecule has 0 radical (unpaired) electrons. The van der Waals surface area contributed by atoms with Gasteiger partial charge in [-0.3, -0.25) is 0 Å². The zero-order valence-corrected chi connectivity index (χ0v) is 11.2. The molecule has 0 aliphatic rings. The molecule has 2 rings (SSSR count). The maximum Gasteiger partial charge on any atom is 0.417 e. The van der Waals surface area contributed by atoms with Gasteiger partial charge in [-0.15, -0.1) is 0 Å². The fourth-order valence-electron chi connectivity index (χ4n) is 1.61. The minimum Gasteiger partial charge on any atom is -0.439 e. The number of pyridine rings is 1. The number of hydrogen-bond acceptors (Lipinski definition) is 3. The predicted molar refractivity (Wildman–Crippen MR) is 70.1 cm³/mol. The van der Waals surface area contributed by atoms with Gasteiger partial charge < -0.3 is 4.74 Å². The third kappa shape index (κ3) is 3.64. The van der Waals surface area contributed by atoms with Gasteiger partial charge in [0.05, 0.1) is 18.1 Å². The number of benzene rings is 1. The third-order valence-electron chi connectivity index (χ3n) is 2.61. The van der Waals surface area contributed by atoms with Gasteiger partial charge in [0.1, 0.15) is 5.75 Å². The highest BCUT2D eigenvalue weighted by molar-refractivity contribution is 6.31. The molecule has 1 aromatic carbocycles. The number of rotatable bonds is 3. The summed E-state index contributed by atoms with van der Waals surface area (Å²) in [6.45, 7) is 0. The maximum absolute atomic E-state index is 12.4. The Morgan fingerprint density at radius 2 is 2.00 bits per heavy atom. The molecule has 2 aromatic rings. The maximum atomic E-state index is 12.4. The Kier molecular flexibility index (Phi) is 4.34. The molecule has 0 atom stereocenters. The van der Waals surface area contributed by atoms with E-state index in [-0.39, 0.29) is 18.1 Å². The molecule has 0 saturated carbocycles. The highest BCUT2D eigenvalue weighted by atomic mass is 35.5. The topological polar surface area (TPSA) is 45.9 Å². The number of nitriles is 1. The van der Waals surface area contributed by atoms with Gasteiger partial charge in [-0.1, -0.05) is 17.7 Å². The molecular formula is C14H8ClF3N2O. The van der Waals surface area contributed by atoms with Crippen molar-refractivity contribution in [2.45, 2.75) is 12.6 Å². The second kappa shape index (κ2) is 6.02. The lowest BCUT2D eigenvalue weighted by atomic mass is 10.1. The van der Waals surface area contributed by atoms with E-state index in [4.69, 9.17) is 21.6 Å². The van der Waals surface area contributed by atoms with Crippen molar-refractivity contribution in [2.75, 3.05) is 0 Å². The molecule has 0 spiro atoms. The van der Waals surface area contributed by atoms with Crippen molar-refractivity contribution >= 4 is 11.6 Å². The second-order valence-electron chi connectivity index (χ2n) is 4.04. The Morgan fingerprint density at radius 3 is 2.57 bits per heavy atom. The number of nitrogens with zero attached hydrogens (tertiary/aromatic N) is 2. The smallest absolute Gasteiger partial charge is 0.417 e. The van der Waals surface area contributed by atoms with Gasteiger partial charge in [-0.25, -0.2) is 4.98 Å². The monoisotopic (exact) mass is 312 g/mol. The molecule has 0 saturated heterocycles. The minimum absolute atomic E-state index is 0.00976. The molecule has 1 heterocycles. The van der Waals surface area contributed by atoms with E-state index in [2.05, 4.69) is 4.98 Å². The Labute approximate surface area is 123 Å². The summed E-state index contributed by atoms with van der Waals surface area (Å²) >= 11 is 5.96. The number of aromatic nitrogens is 1. The van der Waals surface area contributed by atoms with Gasteiger partial charge in [-0.05, 0) is 18.2 Å². The van der Waals surface area contributed by atoms with Gasteiger partial charge in [0, 0.05) is 22.8 Å². The number of halogens is 4. The SMILES string of the molecule is N#CCc1c(Cl)cccc1Oc1ccc(C(F)(F)F)cn1. The highest BCUT2D eigenvalue weighted by Gasteiger charge is 2.30. The summed E-state index contributed by atoms with van der Waals surface area (Å²) in [5.41, 5.74) is -0.401. The van der Waals surface area contributed by atoms with Crippen molar-refractivity contribution in [3.63, 3.8) is 0 Å². The van der Waals surface area contributed by atoms with Crippen LogP contribution in [-0.4, -0.2) is 4.98 Å². The summed E-state index contributed by atoms with van der Waals surface area (Å²) < 4.78 is 42.7.